The first-order valence-corrected chi connectivity index (χ1v) is 10.8. The van der Waals surface area contributed by atoms with Gasteiger partial charge in [-0.2, -0.15) is 0 Å². The maximum atomic E-state index is 14.6. The normalized spacial score (nSPS) is 18.3. The van der Waals surface area contributed by atoms with E-state index in [1.54, 1.807) is 6.07 Å². The Morgan fingerprint density at radius 1 is 1.03 bits per heavy atom. The standard InChI is InChI=1S/C23H23FN2O2S/c24-20-16-19(25-12-4-5-13-25)11-10-18(20)15-21-22(27)26(23(28)29-21)14-6-9-17-7-2-1-3-8-17/h1-3,7-8,10-11,15-16H,4-6,9,12-14H2/b21-15+. The van der Waals surface area contributed by atoms with Crippen molar-refractivity contribution < 1.29 is 14.0 Å². The van der Waals surface area contributed by atoms with E-state index in [-0.39, 0.29) is 21.9 Å². The van der Waals surface area contributed by atoms with Crippen molar-refractivity contribution in [1.82, 2.24) is 4.90 Å². The molecule has 4 rings (SSSR count). The number of hydrogen-bond acceptors (Lipinski definition) is 4. The van der Waals surface area contributed by atoms with E-state index in [9.17, 15) is 14.0 Å². The van der Waals surface area contributed by atoms with Crippen LogP contribution in [-0.2, 0) is 11.2 Å². The molecule has 0 aliphatic carbocycles. The van der Waals surface area contributed by atoms with Crippen molar-refractivity contribution in [2.45, 2.75) is 25.7 Å². The molecule has 0 saturated carbocycles. The Hall–Kier alpha value is -2.60. The van der Waals surface area contributed by atoms with Gasteiger partial charge >= 0.3 is 0 Å². The van der Waals surface area contributed by atoms with Crippen LogP contribution in [0.4, 0.5) is 14.9 Å². The topological polar surface area (TPSA) is 40.6 Å². The lowest BCUT2D eigenvalue weighted by atomic mass is 10.1. The highest BCUT2D eigenvalue weighted by atomic mass is 32.2. The minimum Gasteiger partial charge on any atom is -0.371 e. The van der Waals surface area contributed by atoms with Crippen molar-refractivity contribution in [2.24, 2.45) is 0 Å². The van der Waals surface area contributed by atoms with E-state index in [0.29, 0.717) is 18.5 Å². The molecule has 2 amide bonds. The summed E-state index contributed by atoms with van der Waals surface area (Å²) in [4.78, 5) is 28.6. The highest BCUT2D eigenvalue weighted by molar-refractivity contribution is 8.18. The van der Waals surface area contributed by atoms with Gasteiger partial charge < -0.3 is 4.90 Å². The van der Waals surface area contributed by atoms with Gasteiger partial charge in [-0.05, 0) is 67.3 Å². The Bertz CT molecular complexity index is 939. The maximum Gasteiger partial charge on any atom is 0.293 e. The van der Waals surface area contributed by atoms with Crippen LogP contribution in [0.3, 0.4) is 0 Å². The van der Waals surface area contributed by atoms with Gasteiger partial charge in [-0.3, -0.25) is 14.5 Å². The molecule has 0 radical (unpaired) electrons. The van der Waals surface area contributed by atoms with E-state index in [0.717, 1.165) is 49.8 Å². The molecule has 4 nitrogen and oxygen atoms in total. The number of nitrogens with zero attached hydrogens (tertiary/aromatic N) is 2. The molecular formula is C23H23FN2O2S. The summed E-state index contributed by atoms with van der Waals surface area (Å²) in [6.45, 7) is 2.26. The number of carbonyl (C=O) groups is 2. The SMILES string of the molecule is O=C1S/C(=C/c2ccc(N3CCCC3)cc2F)C(=O)N1CCCc1ccccc1. The minimum absolute atomic E-state index is 0.280. The van der Waals surface area contributed by atoms with Crippen LogP contribution < -0.4 is 4.90 Å². The van der Waals surface area contributed by atoms with E-state index < -0.39 is 0 Å². The molecule has 2 fully saturated rings. The number of anilines is 1. The molecule has 2 aromatic carbocycles. The number of aryl methyl sites for hydroxylation is 1. The fraction of sp³-hybridized carbons (Fsp3) is 0.304. The Labute approximate surface area is 174 Å². The summed E-state index contributed by atoms with van der Waals surface area (Å²) in [7, 11) is 0. The molecule has 29 heavy (non-hydrogen) atoms. The molecule has 0 spiro atoms. The number of hydrogen-bond donors (Lipinski definition) is 0. The Balaban J connectivity index is 1.41. The molecule has 0 bridgehead atoms. The van der Waals surface area contributed by atoms with Crippen LogP contribution in [0.5, 0.6) is 0 Å². The van der Waals surface area contributed by atoms with Crippen molar-refractivity contribution in [3.05, 3.63) is 70.4 Å². The van der Waals surface area contributed by atoms with Crippen LogP contribution in [0.2, 0.25) is 0 Å². The van der Waals surface area contributed by atoms with E-state index in [4.69, 9.17) is 0 Å². The number of rotatable bonds is 6. The molecule has 0 unspecified atom stereocenters. The van der Waals surface area contributed by atoms with Crippen molar-refractivity contribution in [3.8, 4) is 0 Å². The highest BCUT2D eigenvalue weighted by Crippen LogP contribution is 2.33. The van der Waals surface area contributed by atoms with Crippen molar-refractivity contribution in [1.29, 1.82) is 0 Å². The van der Waals surface area contributed by atoms with Crippen molar-refractivity contribution in [2.75, 3.05) is 24.5 Å². The molecular weight excluding hydrogens is 387 g/mol. The average molecular weight is 411 g/mol. The number of imide groups is 1. The molecule has 0 N–H and O–H groups in total. The predicted octanol–water partition coefficient (Wildman–Crippen LogP) is 5.10. The van der Waals surface area contributed by atoms with Gasteiger partial charge in [-0.1, -0.05) is 30.3 Å². The van der Waals surface area contributed by atoms with E-state index in [1.165, 1.54) is 22.6 Å². The van der Waals surface area contributed by atoms with Crippen LogP contribution in [-0.4, -0.2) is 35.7 Å². The van der Waals surface area contributed by atoms with Gasteiger partial charge in [-0.25, -0.2) is 4.39 Å². The van der Waals surface area contributed by atoms with Crippen LogP contribution in [0.25, 0.3) is 6.08 Å². The quantitative estimate of drug-likeness (QED) is 0.622. The first kappa shape index (κ1) is 19.7. The second-order valence-corrected chi connectivity index (χ2v) is 8.32. The van der Waals surface area contributed by atoms with E-state index in [1.807, 2.05) is 36.4 Å². The van der Waals surface area contributed by atoms with Crippen molar-refractivity contribution in [3.63, 3.8) is 0 Å². The van der Waals surface area contributed by atoms with Gasteiger partial charge in [0.25, 0.3) is 11.1 Å². The monoisotopic (exact) mass is 410 g/mol. The molecule has 0 aromatic heterocycles. The molecule has 0 atom stereocenters. The zero-order valence-corrected chi connectivity index (χ0v) is 17.0. The van der Waals surface area contributed by atoms with Gasteiger partial charge in [0.2, 0.25) is 0 Å². The van der Waals surface area contributed by atoms with Crippen LogP contribution >= 0.6 is 11.8 Å². The lowest BCUT2D eigenvalue weighted by Crippen LogP contribution is -2.29. The number of halogens is 1. The first-order chi connectivity index (χ1) is 14.1. The summed E-state index contributed by atoms with van der Waals surface area (Å²) in [6, 6.07) is 15.0. The van der Waals surface area contributed by atoms with E-state index >= 15 is 0 Å². The van der Waals surface area contributed by atoms with E-state index in [2.05, 4.69) is 4.90 Å². The Morgan fingerprint density at radius 2 is 1.79 bits per heavy atom. The number of benzene rings is 2. The smallest absolute Gasteiger partial charge is 0.293 e. The summed E-state index contributed by atoms with van der Waals surface area (Å²) in [5.41, 5.74) is 2.38. The number of carbonyl (C=O) groups excluding carboxylic acids is 2. The summed E-state index contributed by atoms with van der Waals surface area (Å²) < 4.78 is 14.6. The lowest BCUT2D eigenvalue weighted by molar-refractivity contribution is -0.122. The molecule has 2 heterocycles. The molecule has 2 aliphatic heterocycles. The summed E-state index contributed by atoms with van der Waals surface area (Å²) in [5, 5.41) is -0.289. The second-order valence-electron chi connectivity index (χ2n) is 7.32. The Morgan fingerprint density at radius 3 is 2.52 bits per heavy atom. The van der Waals surface area contributed by atoms with Crippen molar-refractivity contribution >= 4 is 34.7 Å². The fourth-order valence-corrected chi connectivity index (χ4v) is 4.58. The summed E-state index contributed by atoms with van der Waals surface area (Å²) in [5.74, 6) is -0.707. The Kier molecular flexibility index (Phi) is 6.00. The molecule has 2 saturated heterocycles. The summed E-state index contributed by atoms with van der Waals surface area (Å²) >= 11 is 0.883. The van der Waals surface area contributed by atoms with Gasteiger partial charge in [0, 0.05) is 30.9 Å². The van der Waals surface area contributed by atoms with Gasteiger partial charge in [-0.15, -0.1) is 0 Å². The molecule has 2 aliphatic rings. The van der Waals surface area contributed by atoms with Gasteiger partial charge in [0.15, 0.2) is 0 Å². The minimum atomic E-state index is -0.370. The third kappa shape index (κ3) is 4.53. The summed E-state index contributed by atoms with van der Waals surface area (Å²) in [6.07, 6.45) is 5.25. The molecule has 6 heteroatoms. The van der Waals surface area contributed by atoms with Gasteiger partial charge in [0.1, 0.15) is 5.82 Å². The lowest BCUT2D eigenvalue weighted by Gasteiger charge is -2.17. The third-order valence-electron chi connectivity index (χ3n) is 5.31. The molecule has 150 valence electrons. The fourth-order valence-electron chi connectivity index (χ4n) is 3.73. The second kappa shape index (κ2) is 8.82. The zero-order valence-electron chi connectivity index (χ0n) is 16.1. The number of amides is 2. The maximum absolute atomic E-state index is 14.6. The van der Waals surface area contributed by atoms with Gasteiger partial charge in [0.05, 0.1) is 4.91 Å². The highest BCUT2D eigenvalue weighted by Gasteiger charge is 2.34. The van der Waals surface area contributed by atoms with Crippen LogP contribution in [0, 0.1) is 5.82 Å². The third-order valence-corrected chi connectivity index (χ3v) is 6.21. The predicted molar refractivity (Wildman–Crippen MR) is 115 cm³/mol. The zero-order chi connectivity index (χ0) is 20.2. The largest absolute Gasteiger partial charge is 0.371 e. The molecule has 2 aromatic rings. The number of thioether (sulfide) groups is 1. The average Bonchev–Trinajstić information content (AvgIpc) is 3.35. The van der Waals surface area contributed by atoms with Crippen LogP contribution in [0.1, 0.15) is 30.4 Å². The van der Waals surface area contributed by atoms with Crippen LogP contribution in [0.15, 0.2) is 53.4 Å². The first-order valence-electron chi connectivity index (χ1n) is 9.95.